The van der Waals surface area contributed by atoms with E-state index in [1.807, 2.05) is 0 Å². The lowest BCUT2D eigenvalue weighted by Gasteiger charge is -2.18. The van der Waals surface area contributed by atoms with Crippen molar-refractivity contribution in [3.05, 3.63) is 35.9 Å². The molecule has 1 aromatic rings. The van der Waals surface area contributed by atoms with Gasteiger partial charge in [0.05, 0.1) is 5.56 Å². The van der Waals surface area contributed by atoms with Crippen molar-refractivity contribution in [2.45, 2.75) is 19.3 Å². The van der Waals surface area contributed by atoms with Gasteiger partial charge in [0, 0.05) is 7.11 Å². The number of hydrogen-bond donors (Lipinski definition) is 1. The average Bonchev–Trinajstić information content (AvgIpc) is 2.26. The molecule has 0 saturated heterocycles. The molecule has 0 radical (unpaired) electrons. The van der Waals surface area contributed by atoms with E-state index in [9.17, 15) is 9.90 Å². The smallest absolute Gasteiger partial charge is 0.340 e. The van der Waals surface area contributed by atoms with E-state index in [4.69, 9.17) is 9.47 Å². The molecule has 0 spiro atoms. The number of aliphatic hydroxyl groups excluding tert-OH is 1. The van der Waals surface area contributed by atoms with Gasteiger partial charge in [-0.2, -0.15) is 0 Å². The molecule has 4 heteroatoms. The molecule has 0 aromatic heterocycles. The Hall–Kier alpha value is -1.39. The van der Waals surface area contributed by atoms with E-state index in [1.54, 1.807) is 30.3 Å². The summed E-state index contributed by atoms with van der Waals surface area (Å²) in [7, 11) is 1.37. The van der Waals surface area contributed by atoms with Crippen LogP contribution in [-0.2, 0) is 9.47 Å². The molecule has 4 nitrogen and oxygen atoms in total. The van der Waals surface area contributed by atoms with Gasteiger partial charge in [-0.3, -0.25) is 0 Å². The van der Waals surface area contributed by atoms with Crippen LogP contribution in [-0.4, -0.2) is 30.6 Å². The Kier molecular flexibility index (Phi) is 4.27. The number of rotatable bonds is 4. The Morgan fingerprint density at radius 3 is 2.40 bits per heavy atom. The molecule has 0 bridgehead atoms. The minimum absolute atomic E-state index is 0.431. The van der Waals surface area contributed by atoms with E-state index in [0.717, 1.165) is 0 Å². The fraction of sp³-hybridized carbons (Fsp3) is 0.364. The maximum Gasteiger partial charge on any atom is 0.340 e. The number of hydrogen-bond acceptors (Lipinski definition) is 4. The van der Waals surface area contributed by atoms with E-state index in [-0.39, 0.29) is 0 Å². The lowest BCUT2D eigenvalue weighted by molar-refractivity contribution is -0.143. The maximum absolute atomic E-state index is 11.5. The number of carbonyl (C=O) groups is 1. The predicted octanol–water partition coefficient (Wildman–Crippen LogP) is 1.20. The first-order chi connectivity index (χ1) is 7.15. The van der Waals surface area contributed by atoms with Crippen LogP contribution >= 0.6 is 0 Å². The van der Waals surface area contributed by atoms with Crippen LogP contribution in [0, 0.1) is 0 Å². The van der Waals surface area contributed by atoms with Gasteiger partial charge in [0.15, 0.2) is 0 Å². The Morgan fingerprint density at radius 1 is 1.33 bits per heavy atom. The summed E-state index contributed by atoms with van der Waals surface area (Å²) in [6.07, 6.45) is -1.79. The summed E-state index contributed by atoms with van der Waals surface area (Å²) in [5.74, 6) is -0.511. The van der Waals surface area contributed by atoms with Crippen LogP contribution in [0.5, 0.6) is 0 Å². The van der Waals surface area contributed by atoms with Gasteiger partial charge in [0.25, 0.3) is 0 Å². The van der Waals surface area contributed by atoms with Crippen LogP contribution in [0.3, 0.4) is 0 Å². The lowest BCUT2D eigenvalue weighted by Crippen LogP contribution is -2.30. The van der Waals surface area contributed by atoms with Crippen molar-refractivity contribution < 1.29 is 19.4 Å². The summed E-state index contributed by atoms with van der Waals surface area (Å²) >= 11 is 0. The summed E-state index contributed by atoms with van der Waals surface area (Å²) in [6, 6.07) is 8.55. The highest BCUT2D eigenvalue weighted by molar-refractivity contribution is 5.89. The zero-order chi connectivity index (χ0) is 11.3. The van der Waals surface area contributed by atoms with Crippen LogP contribution in [0.4, 0.5) is 0 Å². The van der Waals surface area contributed by atoms with Gasteiger partial charge >= 0.3 is 5.97 Å². The molecule has 0 saturated carbocycles. The summed E-state index contributed by atoms with van der Waals surface area (Å²) in [5.41, 5.74) is 0.431. The Morgan fingerprint density at radius 2 is 1.93 bits per heavy atom. The third-order valence-corrected chi connectivity index (χ3v) is 1.86. The molecular weight excluding hydrogens is 196 g/mol. The summed E-state index contributed by atoms with van der Waals surface area (Å²) < 4.78 is 9.75. The van der Waals surface area contributed by atoms with Crippen LogP contribution < -0.4 is 0 Å². The number of ether oxygens (including phenoxy) is 2. The Labute approximate surface area is 88.4 Å². The topological polar surface area (TPSA) is 55.8 Å². The third-order valence-electron chi connectivity index (χ3n) is 1.86. The predicted molar refractivity (Wildman–Crippen MR) is 54.3 cm³/mol. The van der Waals surface area contributed by atoms with Crippen molar-refractivity contribution >= 4 is 5.97 Å². The van der Waals surface area contributed by atoms with Gasteiger partial charge < -0.3 is 14.6 Å². The number of benzene rings is 1. The third kappa shape index (κ3) is 3.34. The van der Waals surface area contributed by atoms with Crippen molar-refractivity contribution in [1.82, 2.24) is 0 Å². The number of aliphatic hydroxyl groups is 1. The molecule has 1 N–H and O–H groups in total. The first-order valence-electron chi connectivity index (χ1n) is 4.62. The molecule has 0 aliphatic carbocycles. The van der Waals surface area contributed by atoms with Crippen LogP contribution in [0.1, 0.15) is 17.3 Å². The standard InChI is InChI=1S/C11H14O4/c1-8(12)11(14-2)15-10(13)9-6-4-3-5-7-9/h3-8,11-12H,1-2H3. The van der Waals surface area contributed by atoms with E-state index < -0.39 is 18.4 Å². The molecular formula is C11H14O4. The summed E-state index contributed by atoms with van der Waals surface area (Å²) in [6.45, 7) is 1.49. The van der Waals surface area contributed by atoms with Crippen LogP contribution in [0.2, 0.25) is 0 Å². The molecule has 1 rings (SSSR count). The van der Waals surface area contributed by atoms with Crippen molar-refractivity contribution in [3.63, 3.8) is 0 Å². The fourth-order valence-corrected chi connectivity index (χ4v) is 1.09. The minimum atomic E-state index is -0.933. The van der Waals surface area contributed by atoms with Crippen molar-refractivity contribution in [1.29, 1.82) is 0 Å². The fourth-order valence-electron chi connectivity index (χ4n) is 1.09. The second kappa shape index (κ2) is 5.48. The molecule has 1 aromatic carbocycles. The number of carbonyl (C=O) groups excluding carboxylic acids is 1. The highest BCUT2D eigenvalue weighted by Gasteiger charge is 2.19. The van der Waals surface area contributed by atoms with Crippen molar-refractivity contribution in [2.75, 3.05) is 7.11 Å². The highest BCUT2D eigenvalue weighted by atomic mass is 16.7. The first-order valence-corrected chi connectivity index (χ1v) is 4.62. The molecule has 2 unspecified atom stereocenters. The lowest BCUT2D eigenvalue weighted by atomic mass is 10.2. The van der Waals surface area contributed by atoms with Gasteiger partial charge in [-0.15, -0.1) is 0 Å². The summed E-state index contributed by atoms with van der Waals surface area (Å²) in [5, 5.41) is 9.21. The molecule has 0 aliphatic rings. The van der Waals surface area contributed by atoms with E-state index >= 15 is 0 Å². The Balaban J connectivity index is 2.63. The number of methoxy groups -OCH3 is 1. The van der Waals surface area contributed by atoms with Crippen molar-refractivity contribution in [2.24, 2.45) is 0 Å². The van der Waals surface area contributed by atoms with Gasteiger partial charge in [-0.25, -0.2) is 4.79 Å². The van der Waals surface area contributed by atoms with Gasteiger partial charge in [0.1, 0.15) is 6.10 Å². The van der Waals surface area contributed by atoms with Crippen molar-refractivity contribution in [3.8, 4) is 0 Å². The largest absolute Gasteiger partial charge is 0.429 e. The number of esters is 1. The normalized spacial score (nSPS) is 14.3. The van der Waals surface area contributed by atoms with Crippen LogP contribution in [0.25, 0.3) is 0 Å². The van der Waals surface area contributed by atoms with E-state index in [2.05, 4.69) is 0 Å². The highest BCUT2D eigenvalue weighted by Crippen LogP contribution is 2.06. The SMILES string of the molecule is COC(OC(=O)c1ccccc1)C(C)O. The summed E-state index contributed by atoms with van der Waals surface area (Å²) in [4.78, 5) is 11.5. The monoisotopic (exact) mass is 210 g/mol. The first kappa shape index (κ1) is 11.7. The minimum Gasteiger partial charge on any atom is -0.429 e. The second-order valence-electron chi connectivity index (χ2n) is 3.12. The van der Waals surface area contributed by atoms with Gasteiger partial charge in [-0.05, 0) is 19.1 Å². The van der Waals surface area contributed by atoms with E-state index in [0.29, 0.717) is 5.56 Å². The zero-order valence-electron chi connectivity index (χ0n) is 8.71. The van der Waals surface area contributed by atoms with Crippen LogP contribution in [0.15, 0.2) is 30.3 Å². The molecule has 0 fully saturated rings. The van der Waals surface area contributed by atoms with Gasteiger partial charge in [-0.1, -0.05) is 18.2 Å². The Bertz CT molecular complexity index is 308. The zero-order valence-corrected chi connectivity index (χ0v) is 8.71. The molecule has 0 aliphatic heterocycles. The molecule has 0 heterocycles. The second-order valence-corrected chi connectivity index (χ2v) is 3.12. The average molecular weight is 210 g/mol. The molecule has 2 atom stereocenters. The molecule has 82 valence electrons. The maximum atomic E-state index is 11.5. The van der Waals surface area contributed by atoms with Gasteiger partial charge in [0.2, 0.25) is 6.29 Å². The quantitative estimate of drug-likeness (QED) is 0.599. The molecule has 15 heavy (non-hydrogen) atoms. The van der Waals surface area contributed by atoms with E-state index in [1.165, 1.54) is 14.0 Å². The molecule has 0 amide bonds.